The van der Waals surface area contributed by atoms with Crippen LogP contribution in [0.2, 0.25) is 0 Å². The van der Waals surface area contributed by atoms with Gasteiger partial charge in [-0.2, -0.15) is 0 Å². The lowest BCUT2D eigenvalue weighted by atomic mass is 9.98. The molecule has 80 valence electrons. The molecule has 0 aliphatic carbocycles. The summed E-state index contributed by atoms with van der Waals surface area (Å²) < 4.78 is 7.06. The van der Waals surface area contributed by atoms with E-state index < -0.39 is 0 Å². The molecule has 0 saturated heterocycles. The second-order valence-electron chi connectivity index (χ2n) is 4.39. The highest BCUT2D eigenvalue weighted by Gasteiger charge is 2.25. The summed E-state index contributed by atoms with van der Waals surface area (Å²) in [5, 5.41) is 7.00. The maximum absolute atomic E-state index is 5.04. The fourth-order valence-corrected chi connectivity index (χ4v) is 2.04. The normalized spacial score (nSPS) is 12.1. The Bertz CT molecular complexity index is 302. The Balaban J connectivity index is 2.82. The Morgan fingerprint density at radius 3 is 2.50 bits per heavy atom. The van der Waals surface area contributed by atoms with E-state index in [-0.39, 0.29) is 5.41 Å². The van der Waals surface area contributed by atoms with Crippen molar-refractivity contribution in [3.05, 3.63) is 10.0 Å². The summed E-state index contributed by atoms with van der Waals surface area (Å²) in [6, 6.07) is 0. The molecule has 1 aromatic heterocycles. The van der Waals surface area contributed by atoms with Crippen molar-refractivity contribution in [3.8, 4) is 0 Å². The van der Waals surface area contributed by atoms with Crippen molar-refractivity contribution >= 4 is 11.3 Å². The van der Waals surface area contributed by atoms with Crippen LogP contribution in [0.15, 0.2) is 0 Å². The number of hydrogen-bond donors (Lipinski definition) is 0. The Hall–Kier alpha value is -0.480. The van der Waals surface area contributed by atoms with Gasteiger partial charge in [0.15, 0.2) is 11.6 Å². The van der Waals surface area contributed by atoms with Crippen molar-refractivity contribution in [1.82, 2.24) is 5.10 Å². The summed E-state index contributed by atoms with van der Waals surface area (Å²) in [6.07, 6.45) is 0. The minimum absolute atomic E-state index is 0.147. The van der Waals surface area contributed by atoms with Gasteiger partial charge in [0.05, 0.1) is 0 Å². The maximum Gasteiger partial charge on any atom is 0.262 e. The molecule has 0 aromatic carbocycles. The van der Waals surface area contributed by atoms with Crippen LogP contribution < -0.4 is 4.68 Å². The molecule has 0 N–H and O–H groups in total. The third kappa shape index (κ3) is 2.75. The largest absolute Gasteiger partial charge is 0.378 e. The van der Waals surface area contributed by atoms with Gasteiger partial charge in [-0.05, 0) is 11.3 Å². The van der Waals surface area contributed by atoms with E-state index >= 15 is 0 Å². The lowest BCUT2D eigenvalue weighted by Gasteiger charge is -2.10. The number of aryl methyl sites for hydroxylation is 1. The first-order chi connectivity index (χ1) is 6.45. The van der Waals surface area contributed by atoms with Crippen LogP contribution in [0.25, 0.3) is 0 Å². The van der Waals surface area contributed by atoms with Crippen LogP contribution in [0.3, 0.4) is 0 Å². The summed E-state index contributed by atoms with van der Waals surface area (Å²) in [5.74, 6) is 0. The van der Waals surface area contributed by atoms with Gasteiger partial charge in [-0.25, -0.2) is 0 Å². The number of ether oxygens (including phenoxy) is 1. The number of aromatic nitrogens is 2. The molecule has 3 nitrogen and oxygen atoms in total. The van der Waals surface area contributed by atoms with Gasteiger partial charge >= 0.3 is 0 Å². The third-order valence-electron chi connectivity index (χ3n) is 1.97. The lowest BCUT2D eigenvalue weighted by Crippen LogP contribution is -2.40. The predicted octanol–water partition coefficient (Wildman–Crippen LogP) is 1.68. The predicted molar refractivity (Wildman–Crippen MR) is 57.6 cm³/mol. The Labute approximate surface area is 89.7 Å². The van der Waals surface area contributed by atoms with Crippen LogP contribution in [-0.2, 0) is 16.7 Å². The van der Waals surface area contributed by atoms with Crippen LogP contribution >= 0.6 is 11.3 Å². The molecule has 0 amide bonds. The van der Waals surface area contributed by atoms with Gasteiger partial charge in [-0.1, -0.05) is 25.5 Å². The zero-order chi connectivity index (χ0) is 10.8. The van der Waals surface area contributed by atoms with E-state index in [9.17, 15) is 0 Å². The molecule has 4 heteroatoms. The molecule has 0 radical (unpaired) electrons. The molecule has 14 heavy (non-hydrogen) atoms. The molecule has 1 aromatic rings. The van der Waals surface area contributed by atoms with Gasteiger partial charge in [-0.3, -0.25) is 0 Å². The summed E-state index contributed by atoms with van der Waals surface area (Å²) in [6.45, 7) is 10.2. The molecule has 0 unspecified atom stereocenters. The SMILES string of the molecule is COCC[n+]1nc(C(C)(C)C)sc1C. The molecule has 0 aliphatic rings. The highest BCUT2D eigenvalue weighted by atomic mass is 32.1. The number of nitrogens with zero attached hydrogens (tertiary/aromatic N) is 2. The van der Waals surface area contributed by atoms with Crippen molar-refractivity contribution in [1.29, 1.82) is 0 Å². The zero-order valence-electron chi connectivity index (χ0n) is 9.63. The summed E-state index contributed by atoms with van der Waals surface area (Å²) in [4.78, 5) is 0. The van der Waals surface area contributed by atoms with E-state index in [0.717, 1.165) is 13.2 Å². The maximum atomic E-state index is 5.04. The molecular weight excluding hydrogens is 196 g/mol. The molecule has 0 atom stereocenters. The third-order valence-corrected chi connectivity index (χ3v) is 3.36. The quantitative estimate of drug-likeness (QED) is 0.717. The van der Waals surface area contributed by atoms with E-state index in [4.69, 9.17) is 4.74 Å². The Morgan fingerprint density at radius 1 is 1.43 bits per heavy atom. The standard InChI is InChI=1S/C10H19N2OS/c1-8-12(6-7-13-5)11-9(14-8)10(2,3)4/h6-7H2,1-5H3/q+1. The minimum Gasteiger partial charge on any atom is -0.378 e. The molecule has 0 aliphatic heterocycles. The van der Waals surface area contributed by atoms with Gasteiger partial charge in [0, 0.05) is 24.5 Å². The second kappa shape index (κ2) is 4.36. The summed E-state index contributed by atoms with van der Waals surface area (Å²) in [7, 11) is 1.72. The molecule has 0 bridgehead atoms. The first kappa shape index (κ1) is 11.6. The zero-order valence-corrected chi connectivity index (χ0v) is 10.4. The smallest absolute Gasteiger partial charge is 0.262 e. The van der Waals surface area contributed by atoms with E-state index in [2.05, 4.69) is 32.8 Å². The minimum atomic E-state index is 0.147. The molecular formula is C10H19N2OS+. The van der Waals surface area contributed by atoms with Crippen molar-refractivity contribution in [2.45, 2.75) is 39.7 Å². The Morgan fingerprint density at radius 2 is 2.07 bits per heavy atom. The van der Waals surface area contributed by atoms with Gasteiger partial charge in [0.2, 0.25) is 0 Å². The molecule has 0 spiro atoms. The fraction of sp³-hybridized carbons (Fsp3) is 0.800. The summed E-state index contributed by atoms with van der Waals surface area (Å²) in [5.41, 5.74) is 0.147. The fourth-order valence-electron chi connectivity index (χ4n) is 1.08. The second-order valence-corrected chi connectivity index (χ2v) is 5.57. The van der Waals surface area contributed by atoms with E-state index in [1.54, 1.807) is 18.4 Å². The van der Waals surface area contributed by atoms with Crippen molar-refractivity contribution in [3.63, 3.8) is 0 Å². The molecule has 0 fully saturated rings. The van der Waals surface area contributed by atoms with E-state index in [0.29, 0.717) is 0 Å². The average molecular weight is 215 g/mol. The van der Waals surface area contributed by atoms with E-state index in [1.807, 2.05) is 4.68 Å². The number of methoxy groups -OCH3 is 1. The van der Waals surface area contributed by atoms with Gasteiger partial charge < -0.3 is 4.74 Å². The average Bonchev–Trinajstić information content (AvgIpc) is 2.43. The highest BCUT2D eigenvalue weighted by molar-refractivity contribution is 7.11. The van der Waals surface area contributed by atoms with Crippen LogP contribution in [0.4, 0.5) is 0 Å². The number of rotatable bonds is 3. The van der Waals surface area contributed by atoms with Gasteiger partial charge in [0.25, 0.3) is 5.01 Å². The first-order valence-corrected chi connectivity index (χ1v) is 5.64. The Kier molecular flexibility index (Phi) is 3.61. The van der Waals surface area contributed by atoms with Crippen LogP contribution in [-0.4, -0.2) is 18.8 Å². The van der Waals surface area contributed by atoms with Gasteiger partial charge in [0.1, 0.15) is 6.61 Å². The lowest BCUT2D eigenvalue weighted by molar-refractivity contribution is -0.755. The first-order valence-electron chi connectivity index (χ1n) is 4.82. The van der Waals surface area contributed by atoms with Crippen LogP contribution in [0.5, 0.6) is 0 Å². The summed E-state index contributed by atoms with van der Waals surface area (Å²) >= 11 is 1.77. The highest BCUT2D eigenvalue weighted by Crippen LogP contribution is 2.24. The topological polar surface area (TPSA) is 26.0 Å². The molecule has 0 saturated carbocycles. The van der Waals surface area contributed by atoms with Crippen LogP contribution in [0.1, 0.15) is 30.8 Å². The molecule has 1 heterocycles. The van der Waals surface area contributed by atoms with Crippen LogP contribution in [0, 0.1) is 6.92 Å². The van der Waals surface area contributed by atoms with Gasteiger partial charge in [-0.15, -0.1) is 0 Å². The monoisotopic (exact) mass is 215 g/mol. The molecule has 1 rings (SSSR count). The van der Waals surface area contributed by atoms with E-state index in [1.165, 1.54) is 10.0 Å². The van der Waals surface area contributed by atoms with Crippen molar-refractivity contribution in [2.24, 2.45) is 0 Å². The van der Waals surface area contributed by atoms with Crippen molar-refractivity contribution < 1.29 is 9.42 Å². The van der Waals surface area contributed by atoms with Crippen molar-refractivity contribution in [2.75, 3.05) is 13.7 Å². The number of hydrogen-bond acceptors (Lipinski definition) is 3.